The average Bonchev–Trinajstić information content (AvgIpc) is 2.72. The summed E-state index contributed by atoms with van der Waals surface area (Å²) in [6, 6.07) is 0. The van der Waals surface area contributed by atoms with E-state index in [4.69, 9.17) is 15.8 Å². The Kier molecular flexibility index (Phi) is 4.20. The van der Waals surface area contributed by atoms with Gasteiger partial charge in [0.15, 0.2) is 0 Å². The lowest BCUT2D eigenvalue weighted by atomic mass is 9.82. The number of hydrazine groups is 1. The van der Waals surface area contributed by atoms with Crippen LogP contribution in [0.3, 0.4) is 0 Å². The van der Waals surface area contributed by atoms with Gasteiger partial charge in [0.1, 0.15) is 11.6 Å². The fourth-order valence-electron chi connectivity index (χ4n) is 3.61. The normalized spacial score (nSPS) is 26.7. The number of hydrogen-bond donors (Lipinski definition) is 2. The number of nitrogen functional groups attached to an aromatic ring is 1. The second-order valence-corrected chi connectivity index (χ2v) is 6.52. The molecule has 20 heavy (non-hydrogen) atoms. The SMILES string of the molecule is CC1CCC(c2nc3c(c(NN)n2)CCCCC3)CC1. The number of nitrogens with two attached hydrogens (primary N) is 1. The molecule has 4 heteroatoms. The minimum absolute atomic E-state index is 0.534. The first kappa shape index (κ1) is 13.8. The van der Waals surface area contributed by atoms with Crippen LogP contribution in [0.5, 0.6) is 0 Å². The largest absolute Gasteiger partial charge is 0.308 e. The molecule has 1 aromatic rings. The summed E-state index contributed by atoms with van der Waals surface area (Å²) < 4.78 is 0. The molecule has 0 amide bonds. The molecule has 0 radical (unpaired) electrons. The molecule has 0 aromatic carbocycles. The van der Waals surface area contributed by atoms with E-state index in [0.717, 1.165) is 30.4 Å². The van der Waals surface area contributed by atoms with Crippen LogP contribution in [-0.4, -0.2) is 9.97 Å². The molecule has 2 aliphatic rings. The van der Waals surface area contributed by atoms with E-state index in [9.17, 15) is 0 Å². The van der Waals surface area contributed by atoms with Crippen LogP contribution in [-0.2, 0) is 12.8 Å². The van der Waals surface area contributed by atoms with Crippen LogP contribution < -0.4 is 11.3 Å². The molecule has 0 aliphatic heterocycles. The molecular formula is C16H26N4. The lowest BCUT2D eigenvalue weighted by Crippen LogP contribution is -2.19. The van der Waals surface area contributed by atoms with Gasteiger partial charge in [0.2, 0.25) is 0 Å². The molecule has 0 spiro atoms. The number of aryl methyl sites for hydroxylation is 1. The zero-order valence-corrected chi connectivity index (χ0v) is 12.5. The highest BCUT2D eigenvalue weighted by Gasteiger charge is 2.24. The minimum atomic E-state index is 0.534. The van der Waals surface area contributed by atoms with Crippen molar-refractivity contribution in [3.05, 3.63) is 17.1 Å². The Hall–Kier alpha value is -1.16. The first-order valence-electron chi connectivity index (χ1n) is 8.14. The van der Waals surface area contributed by atoms with Gasteiger partial charge in [-0.05, 0) is 44.4 Å². The van der Waals surface area contributed by atoms with E-state index in [1.807, 2.05) is 0 Å². The molecule has 3 N–H and O–H groups in total. The number of nitrogens with zero attached hydrogens (tertiary/aromatic N) is 2. The van der Waals surface area contributed by atoms with E-state index in [-0.39, 0.29) is 0 Å². The van der Waals surface area contributed by atoms with E-state index < -0.39 is 0 Å². The Balaban J connectivity index is 1.90. The maximum absolute atomic E-state index is 5.71. The van der Waals surface area contributed by atoms with Crippen molar-refractivity contribution < 1.29 is 0 Å². The summed E-state index contributed by atoms with van der Waals surface area (Å²) in [4.78, 5) is 9.67. The fourth-order valence-corrected chi connectivity index (χ4v) is 3.61. The summed E-state index contributed by atoms with van der Waals surface area (Å²) in [7, 11) is 0. The lowest BCUT2D eigenvalue weighted by Gasteiger charge is -2.26. The van der Waals surface area contributed by atoms with Gasteiger partial charge in [-0.25, -0.2) is 15.8 Å². The first-order valence-corrected chi connectivity index (χ1v) is 8.14. The fraction of sp³-hybridized carbons (Fsp3) is 0.750. The molecule has 0 saturated heterocycles. The van der Waals surface area contributed by atoms with Crippen LogP contribution in [0.4, 0.5) is 5.82 Å². The van der Waals surface area contributed by atoms with Crippen molar-refractivity contribution in [2.75, 3.05) is 5.43 Å². The molecule has 110 valence electrons. The number of anilines is 1. The number of hydrogen-bond acceptors (Lipinski definition) is 4. The monoisotopic (exact) mass is 274 g/mol. The summed E-state index contributed by atoms with van der Waals surface area (Å²) in [5.41, 5.74) is 5.33. The number of fused-ring (bicyclic) bond motifs is 1. The van der Waals surface area contributed by atoms with Gasteiger partial charge in [0, 0.05) is 17.2 Å². The summed E-state index contributed by atoms with van der Waals surface area (Å²) >= 11 is 0. The third kappa shape index (κ3) is 2.80. The Morgan fingerprint density at radius 1 is 1.00 bits per heavy atom. The van der Waals surface area contributed by atoms with E-state index in [0.29, 0.717) is 5.92 Å². The van der Waals surface area contributed by atoms with Crippen LogP contribution >= 0.6 is 0 Å². The summed E-state index contributed by atoms with van der Waals surface area (Å²) in [6.45, 7) is 2.35. The van der Waals surface area contributed by atoms with Gasteiger partial charge < -0.3 is 5.43 Å². The highest BCUT2D eigenvalue weighted by atomic mass is 15.3. The number of rotatable bonds is 2. The van der Waals surface area contributed by atoms with E-state index in [1.165, 1.54) is 56.2 Å². The Morgan fingerprint density at radius 3 is 2.50 bits per heavy atom. The van der Waals surface area contributed by atoms with Gasteiger partial charge in [0.05, 0.1) is 0 Å². The Labute approximate surface area is 121 Å². The summed E-state index contributed by atoms with van der Waals surface area (Å²) in [5, 5.41) is 0. The van der Waals surface area contributed by atoms with Crippen molar-refractivity contribution in [2.24, 2.45) is 11.8 Å². The topological polar surface area (TPSA) is 63.8 Å². The van der Waals surface area contributed by atoms with Crippen molar-refractivity contribution in [1.82, 2.24) is 9.97 Å². The quantitative estimate of drug-likeness (QED) is 0.493. The van der Waals surface area contributed by atoms with Crippen molar-refractivity contribution in [3.63, 3.8) is 0 Å². The maximum Gasteiger partial charge on any atom is 0.147 e. The second-order valence-electron chi connectivity index (χ2n) is 6.52. The molecule has 3 rings (SSSR count). The van der Waals surface area contributed by atoms with Gasteiger partial charge >= 0.3 is 0 Å². The molecule has 4 nitrogen and oxygen atoms in total. The average molecular weight is 274 g/mol. The molecular weight excluding hydrogens is 248 g/mol. The molecule has 1 heterocycles. The Morgan fingerprint density at radius 2 is 1.75 bits per heavy atom. The molecule has 1 saturated carbocycles. The maximum atomic E-state index is 5.71. The molecule has 0 bridgehead atoms. The first-order chi connectivity index (χ1) is 9.78. The van der Waals surface area contributed by atoms with Gasteiger partial charge in [-0.15, -0.1) is 0 Å². The van der Waals surface area contributed by atoms with Gasteiger partial charge in [0.25, 0.3) is 0 Å². The van der Waals surface area contributed by atoms with Gasteiger partial charge in [-0.1, -0.05) is 26.2 Å². The summed E-state index contributed by atoms with van der Waals surface area (Å²) in [5.74, 6) is 9.01. The third-order valence-electron chi connectivity index (χ3n) is 4.97. The van der Waals surface area contributed by atoms with Gasteiger partial charge in [-0.3, -0.25) is 0 Å². The third-order valence-corrected chi connectivity index (χ3v) is 4.97. The Bertz CT molecular complexity index is 464. The van der Waals surface area contributed by atoms with Crippen LogP contribution in [0.2, 0.25) is 0 Å². The predicted molar refractivity (Wildman–Crippen MR) is 81.5 cm³/mol. The van der Waals surface area contributed by atoms with Crippen molar-refractivity contribution in [3.8, 4) is 0 Å². The predicted octanol–water partition coefficient (Wildman–Crippen LogP) is 3.32. The van der Waals surface area contributed by atoms with E-state index >= 15 is 0 Å². The molecule has 1 fully saturated rings. The number of nitrogens with one attached hydrogen (secondary N) is 1. The molecule has 0 unspecified atom stereocenters. The lowest BCUT2D eigenvalue weighted by molar-refractivity contribution is 0.339. The molecule has 2 aliphatic carbocycles. The smallest absolute Gasteiger partial charge is 0.147 e. The van der Waals surface area contributed by atoms with E-state index in [1.54, 1.807) is 0 Å². The van der Waals surface area contributed by atoms with Gasteiger partial charge in [-0.2, -0.15) is 0 Å². The summed E-state index contributed by atoms with van der Waals surface area (Å²) in [6.07, 6.45) is 11.0. The highest BCUT2D eigenvalue weighted by Crippen LogP contribution is 2.35. The number of aromatic nitrogens is 2. The van der Waals surface area contributed by atoms with Crippen molar-refractivity contribution >= 4 is 5.82 Å². The molecule has 0 atom stereocenters. The highest BCUT2D eigenvalue weighted by molar-refractivity contribution is 5.46. The van der Waals surface area contributed by atoms with E-state index in [2.05, 4.69) is 12.3 Å². The van der Waals surface area contributed by atoms with Crippen LogP contribution in [0, 0.1) is 5.92 Å². The molecule has 1 aromatic heterocycles. The second kappa shape index (κ2) is 6.08. The van der Waals surface area contributed by atoms with Crippen molar-refractivity contribution in [2.45, 2.75) is 70.6 Å². The van der Waals surface area contributed by atoms with Crippen LogP contribution in [0.1, 0.15) is 74.9 Å². The standard InChI is InChI=1S/C16H26N4/c1-11-7-9-12(10-8-11)15-18-14-6-4-2-3-5-13(14)16(19-15)20-17/h11-12H,2-10,17H2,1H3,(H,18,19,20). The van der Waals surface area contributed by atoms with Crippen molar-refractivity contribution in [1.29, 1.82) is 0 Å². The van der Waals surface area contributed by atoms with Crippen LogP contribution in [0.25, 0.3) is 0 Å². The zero-order chi connectivity index (χ0) is 13.9. The van der Waals surface area contributed by atoms with Crippen LogP contribution in [0.15, 0.2) is 0 Å². The zero-order valence-electron chi connectivity index (χ0n) is 12.5. The minimum Gasteiger partial charge on any atom is -0.308 e.